The molecule has 0 unspecified atom stereocenters. The van der Waals surface area contributed by atoms with Crippen LogP contribution in [0.4, 0.5) is 10.6 Å². The van der Waals surface area contributed by atoms with E-state index in [-0.39, 0.29) is 12.5 Å². The first kappa shape index (κ1) is 14.4. The molecular weight excluding hydrogens is 260 g/mol. The molecule has 2 amide bonds. The van der Waals surface area contributed by atoms with Crippen LogP contribution < -0.4 is 4.90 Å². The van der Waals surface area contributed by atoms with Crippen LogP contribution in [-0.2, 0) is 16.6 Å². The number of nitrogens with zero attached hydrogens (tertiary/aromatic N) is 4. The largest absolute Gasteiger partial charge is 0.444 e. The maximum Gasteiger partial charge on any atom is 0.410 e. The minimum Gasteiger partial charge on any atom is -0.444 e. The van der Waals surface area contributed by atoms with Crippen LogP contribution >= 0.6 is 0 Å². The highest BCUT2D eigenvalue weighted by Gasteiger charge is 2.31. The number of ether oxygens (including phenoxy) is 1. The van der Waals surface area contributed by atoms with Crippen LogP contribution in [0.2, 0.25) is 0 Å². The van der Waals surface area contributed by atoms with Gasteiger partial charge in [0.2, 0.25) is 5.91 Å². The molecule has 7 nitrogen and oxygen atoms in total. The fourth-order valence-corrected chi connectivity index (χ4v) is 1.94. The smallest absolute Gasteiger partial charge is 0.410 e. The van der Waals surface area contributed by atoms with Gasteiger partial charge in [-0.2, -0.15) is 5.10 Å². The summed E-state index contributed by atoms with van der Waals surface area (Å²) in [6, 6.07) is 1.78. The Morgan fingerprint density at radius 2 is 2.05 bits per heavy atom. The summed E-state index contributed by atoms with van der Waals surface area (Å²) in [6.07, 6.45) is 1.33. The Morgan fingerprint density at radius 1 is 1.35 bits per heavy atom. The molecule has 0 bridgehead atoms. The molecule has 1 aromatic rings. The number of anilines is 1. The van der Waals surface area contributed by atoms with E-state index in [2.05, 4.69) is 5.10 Å². The van der Waals surface area contributed by atoms with Crippen LogP contribution in [-0.4, -0.2) is 51.9 Å². The quantitative estimate of drug-likeness (QED) is 0.769. The zero-order valence-corrected chi connectivity index (χ0v) is 12.3. The van der Waals surface area contributed by atoms with E-state index in [0.29, 0.717) is 18.9 Å². The average Bonchev–Trinajstić information content (AvgIpc) is 2.73. The third-order valence-electron chi connectivity index (χ3n) is 2.85. The summed E-state index contributed by atoms with van der Waals surface area (Å²) in [5, 5.41) is 4.20. The molecule has 0 aliphatic carbocycles. The second-order valence-electron chi connectivity index (χ2n) is 5.79. The lowest BCUT2D eigenvalue weighted by atomic mass is 10.2. The molecule has 20 heavy (non-hydrogen) atoms. The summed E-state index contributed by atoms with van der Waals surface area (Å²) in [5.74, 6) is 0.460. The van der Waals surface area contributed by atoms with Crippen molar-refractivity contribution in [3.63, 3.8) is 0 Å². The molecule has 2 rings (SSSR count). The second-order valence-corrected chi connectivity index (χ2v) is 5.79. The predicted octanol–water partition coefficient (Wildman–Crippen LogP) is 1.00. The number of piperazine rings is 1. The molecule has 1 fully saturated rings. The van der Waals surface area contributed by atoms with E-state index >= 15 is 0 Å². The van der Waals surface area contributed by atoms with E-state index in [1.165, 1.54) is 4.90 Å². The molecule has 1 saturated heterocycles. The summed E-state index contributed by atoms with van der Waals surface area (Å²) in [7, 11) is 1.80. The van der Waals surface area contributed by atoms with Crippen LogP contribution in [0.15, 0.2) is 12.3 Å². The molecule has 0 N–H and O–H groups in total. The van der Waals surface area contributed by atoms with E-state index in [1.54, 1.807) is 49.7 Å². The molecule has 0 aromatic carbocycles. The number of hydrogen-bond donors (Lipinski definition) is 0. The van der Waals surface area contributed by atoms with Gasteiger partial charge in [0, 0.05) is 32.4 Å². The van der Waals surface area contributed by atoms with E-state index in [9.17, 15) is 9.59 Å². The van der Waals surface area contributed by atoms with Crippen molar-refractivity contribution < 1.29 is 14.3 Å². The summed E-state index contributed by atoms with van der Waals surface area (Å²) in [4.78, 5) is 27.0. The van der Waals surface area contributed by atoms with Crippen molar-refractivity contribution in [2.24, 2.45) is 7.05 Å². The van der Waals surface area contributed by atoms with Gasteiger partial charge in [-0.1, -0.05) is 0 Å². The minimum atomic E-state index is -0.557. The van der Waals surface area contributed by atoms with Gasteiger partial charge in [0.05, 0.1) is 0 Å². The molecule has 1 aliphatic heterocycles. The molecule has 1 aliphatic rings. The topological polar surface area (TPSA) is 67.7 Å². The Kier molecular flexibility index (Phi) is 3.69. The van der Waals surface area contributed by atoms with Gasteiger partial charge in [-0.3, -0.25) is 19.3 Å². The fraction of sp³-hybridized carbons (Fsp3) is 0.615. The lowest BCUT2D eigenvalue weighted by Crippen LogP contribution is -2.53. The summed E-state index contributed by atoms with van der Waals surface area (Å²) in [5.41, 5.74) is -0.557. The molecule has 0 radical (unpaired) electrons. The van der Waals surface area contributed by atoms with Crippen molar-refractivity contribution in [1.82, 2.24) is 14.7 Å². The zero-order chi connectivity index (χ0) is 14.9. The number of amides is 2. The monoisotopic (exact) mass is 280 g/mol. The fourth-order valence-electron chi connectivity index (χ4n) is 1.94. The maximum atomic E-state index is 12.1. The van der Waals surface area contributed by atoms with Crippen molar-refractivity contribution in [3.8, 4) is 0 Å². The molecular formula is C13H20N4O3. The van der Waals surface area contributed by atoms with Crippen molar-refractivity contribution in [3.05, 3.63) is 12.3 Å². The molecule has 1 aromatic heterocycles. The number of carbonyl (C=O) groups is 2. The summed E-state index contributed by atoms with van der Waals surface area (Å²) in [6.45, 7) is 6.29. The number of rotatable bonds is 1. The molecule has 2 heterocycles. The van der Waals surface area contributed by atoms with Gasteiger partial charge in [-0.15, -0.1) is 0 Å². The lowest BCUT2D eigenvalue weighted by molar-refractivity contribution is -0.121. The normalized spacial score (nSPS) is 16.5. The highest BCUT2D eigenvalue weighted by molar-refractivity contribution is 5.96. The van der Waals surface area contributed by atoms with Gasteiger partial charge in [-0.05, 0) is 20.8 Å². The van der Waals surface area contributed by atoms with Crippen LogP contribution in [0, 0.1) is 0 Å². The molecule has 0 atom stereocenters. The molecule has 110 valence electrons. The second kappa shape index (κ2) is 5.15. The Morgan fingerprint density at radius 3 is 2.55 bits per heavy atom. The number of aryl methyl sites for hydroxylation is 1. The third kappa shape index (κ3) is 3.28. The Bertz CT molecular complexity index is 518. The van der Waals surface area contributed by atoms with Crippen molar-refractivity contribution in [2.75, 3.05) is 24.5 Å². The highest BCUT2D eigenvalue weighted by Crippen LogP contribution is 2.16. The molecule has 7 heteroatoms. The number of hydrogen-bond acceptors (Lipinski definition) is 4. The van der Waals surface area contributed by atoms with Gasteiger partial charge in [0.15, 0.2) is 5.82 Å². The minimum absolute atomic E-state index is 0.0193. The van der Waals surface area contributed by atoms with Crippen LogP contribution in [0.1, 0.15) is 20.8 Å². The van der Waals surface area contributed by atoms with Crippen LogP contribution in [0.3, 0.4) is 0 Å². The van der Waals surface area contributed by atoms with Gasteiger partial charge in [0.25, 0.3) is 0 Å². The van der Waals surface area contributed by atoms with Gasteiger partial charge >= 0.3 is 6.09 Å². The number of aromatic nitrogens is 2. The maximum absolute atomic E-state index is 12.1. The first-order valence-electron chi connectivity index (χ1n) is 6.54. The standard InChI is InChI=1S/C13H20N4O3/c1-13(2,3)20-12(19)16-7-8-17(11(18)9-16)10-5-6-15(4)14-10/h5-6H,7-9H2,1-4H3. The van der Waals surface area contributed by atoms with Gasteiger partial charge in [-0.25, -0.2) is 4.79 Å². The first-order valence-corrected chi connectivity index (χ1v) is 6.54. The number of carbonyl (C=O) groups excluding carboxylic acids is 2. The average molecular weight is 280 g/mol. The lowest BCUT2D eigenvalue weighted by Gasteiger charge is -2.34. The van der Waals surface area contributed by atoms with Gasteiger partial charge in [0.1, 0.15) is 12.1 Å². The van der Waals surface area contributed by atoms with Gasteiger partial charge < -0.3 is 4.74 Å². The van der Waals surface area contributed by atoms with E-state index in [1.807, 2.05) is 0 Å². The SMILES string of the molecule is Cn1ccc(N2CCN(C(=O)OC(C)(C)C)CC2=O)n1. The first-order chi connectivity index (χ1) is 9.26. The highest BCUT2D eigenvalue weighted by atomic mass is 16.6. The predicted molar refractivity (Wildman–Crippen MR) is 73.4 cm³/mol. The molecule has 0 spiro atoms. The third-order valence-corrected chi connectivity index (χ3v) is 2.85. The van der Waals surface area contributed by atoms with Crippen molar-refractivity contribution in [2.45, 2.75) is 26.4 Å². The van der Waals surface area contributed by atoms with Crippen molar-refractivity contribution in [1.29, 1.82) is 0 Å². The van der Waals surface area contributed by atoms with Crippen LogP contribution in [0.25, 0.3) is 0 Å². The van der Waals surface area contributed by atoms with E-state index in [4.69, 9.17) is 4.74 Å². The molecule has 0 saturated carbocycles. The van der Waals surface area contributed by atoms with E-state index < -0.39 is 11.7 Å². The summed E-state index contributed by atoms with van der Waals surface area (Å²) >= 11 is 0. The van der Waals surface area contributed by atoms with Crippen molar-refractivity contribution >= 4 is 17.8 Å². The Labute approximate surface area is 118 Å². The van der Waals surface area contributed by atoms with E-state index in [0.717, 1.165) is 0 Å². The Balaban J connectivity index is 1.99. The Hall–Kier alpha value is -2.05. The van der Waals surface area contributed by atoms with Crippen LogP contribution in [0.5, 0.6) is 0 Å². The summed E-state index contributed by atoms with van der Waals surface area (Å²) < 4.78 is 6.91. The zero-order valence-electron chi connectivity index (χ0n) is 12.3.